The van der Waals surface area contributed by atoms with Crippen LogP contribution in [0, 0.1) is 0 Å². The molecule has 3 heteroatoms. The van der Waals surface area contributed by atoms with Crippen molar-refractivity contribution in [1.82, 2.24) is 0 Å². The van der Waals surface area contributed by atoms with Gasteiger partial charge in [0.25, 0.3) is 0 Å². The van der Waals surface area contributed by atoms with Crippen LogP contribution in [-0.2, 0) is 12.8 Å². The Morgan fingerprint density at radius 2 is 1.42 bits per heavy atom. The first-order valence-electron chi connectivity index (χ1n) is 8.82. The standard InChI is InChI=1S/C23H22O3/c1-2-18-8-12-22(13-9-18)26-23(24)20-10-14-21(15-11-20)25-17-16-19-6-4-3-5-7-19/h3-15H,2,16-17H2,1H3. The summed E-state index contributed by atoms with van der Waals surface area (Å²) in [5.74, 6) is 0.922. The first-order valence-corrected chi connectivity index (χ1v) is 8.82. The minimum Gasteiger partial charge on any atom is -0.493 e. The van der Waals surface area contributed by atoms with Gasteiger partial charge in [-0.1, -0.05) is 49.4 Å². The van der Waals surface area contributed by atoms with Gasteiger partial charge in [-0.3, -0.25) is 0 Å². The van der Waals surface area contributed by atoms with E-state index < -0.39 is 0 Å². The van der Waals surface area contributed by atoms with Crippen LogP contribution in [0.3, 0.4) is 0 Å². The number of carbonyl (C=O) groups is 1. The Morgan fingerprint density at radius 1 is 0.769 bits per heavy atom. The molecule has 132 valence electrons. The van der Waals surface area contributed by atoms with Crippen molar-refractivity contribution in [2.45, 2.75) is 19.8 Å². The van der Waals surface area contributed by atoms with E-state index in [0.717, 1.165) is 18.6 Å². The fraction of sp³-hybridized carbons (Fsp3) is 0.174. The van der Waals surface area contributed by atoms with Crippen molar-refractivity contribution < 1.29 is 14.3 Å². The van der Waals surface area contributed by atoms with Gasteiger partial charge in [0, 0.05) is 6.42 Å². The molecule has 0 aliphatic carbocycles. The molecule has 0 fully saturated rings. The van der Waals surface area contributed by atoms with Crippen LogP contribution in [0.15, 0.2) is 78.9 Å². The first-order chi connectivity index (χ1) is 12.7. The Bertz CT molecular complexity index is 822. The number of carbonyl (C=O) groups excluding carboxylic acids is 1. The SMILES string of the molecule is CCc1ccc(OC(=O)c2ccc(OCCc3ccccc3)cc2)cc1. The van der Waals surface area contributed by atoms with Gasteiger partial charge >= 0.3 is 5.97 Å². The second-order valence-corrected chi connectivity index (χ2v) is 6.00. The van der Waals surface area contributed by atoms with Gasteiger partial charge in [-0.05, 0) is 53.9 Å². The summed E-state index contributed by atoms with van der Waals surface area (Å²) in [5.41, 5.74) is 2.95. The first kappa shape index (κ1) is 17.7. The van der Waals surface area contributed by atoms with E-state index in [9.17, 15) is 4.79 Å². The molecule has 0 aromatic heterocycles. The zero-order valence-corrected chi connectivity index (χ0v) is 14.9. The van der Waals surface area contributed by atoms with Crippen molar-refractivity contribution in [2.24, 2.45) is 0 Å². The summed E-state index contributed by atoms with van der Waals surface area (Å²) in [6, 6.07) is 24.8. The lowest BCUT2D eigenvalue weighted by molar-refractivity contribution is 0.0734. The number of rotatable bonds is 7. The van der Waals surface area contributed by atoms with E-state index in [-0.39, 0.29) is 5.97 Å². The number of benzene rings is 3. The zero-order valence-electron chi connectivity index (χ0n) is 14.9. The molecular weight excluding hydrogens is 324 g/mol. The van der Waals surface area contributed by atoms with E-state index >= 15 is 0 Å². The molecule has 3 aromatic carbocycles. The highest BCUT2D eigenvalue weighted by Gasteiger charge is 2.09. The van der Waals surface area contributed by atoms with Crippen LogP contribution in [0.25, 0.3) is 0 Å². The Labute approximate surface area is 154 Å². The molecule has 3 rings (SSSR count). The monoisotopic (exact) mass is 346 g/mol. The fourth-order valence-corrected chi connectivity index (χ4v) is 2.58. The van der Waals surface area contributed by atoms with Crippen LogP contribution >= 0.6 is 0 Å². The maximum Gasteiger partial charge on any atom is 0.343 e. The van der Waals surface area contributed by atoms with Crippen molar-refractivity contribution in [3.63, 3.8) is 0 Å². The largest absolute Gasteiger partial charge is 0.493 e. The van der Waals surface area contributed by atoms with Gasteiger partial charge in [0.15, 0.2) is 0 Å². The molecule has 0 heterocycles. The summed E-state index contributed by atoms with van der Waals surface area (Å²) in [7, 11) is 0. The highest BCUT2D eigenvalue weighted by Crippen LogP contribution is 2.17. The van der Waals surface area contributed by atoms with Crippen molar-refractivity contribution in [3.05, 3.63) is 95.6 Å². The molecule has 0 spiro atoms. The highest BCUT2D eigenvalue weighted by molar-refractivity contribution is 5.91. The molecule has 0 radical (unpaired) electrons. The maximum absolute atomic E-state index is 12.2. The van der Waals surface area contributed by atoms with Crippen molar-refractivity contribution in [2.75, 3.05) is 6.61 Å². The molecule has 3 nitrogen and oxygen atoms in total. The molecule has 3 aromatic rings. The normalized spacial score (nSPS) is 10.3. The quantitative estimate of drug-likeness (QED) is 0.441. The van der Waals surface area contributed by atoms with Gasteiger partial charge in [-0.2, -0.15) is 0 Å². The van der Waals surface area contributed by atoms with Crippen LogP contribution in [-0.4, -0.2) is 12.6 Å². The second-order valence-electron chi connectivity index (χ2n) is 6.00. The molecule has 0 N–H and O–H groups in total. The summed E-state index contributed by atoms with van der Waals surface area (Å²) in [4.78, 5) is 12.2. The van der Waals surface area contributed by atoms with Gasteiger partial charge < -0.3 is 9.47 Å². The van der Waals surface area contributed by atoms with E-state index in [1.807, 2.05) is 42.5 Å². The van der Waals surface area contributed by atoms with E-state index in [1.165, 1.54) is 11.1 Å². The Kier molecular flexibility index (Phi) is 6.05. The van der Waals surface area contributed by atoms with Crippen LogP contribution < -0.4 is 9.47 Å². The zero-order chi connectivity index (χ0) is 18.2. The van der Waals surface area contributed by atoms with Gasteiger partial charge in [0.05, 0.1) is 12.2 Å². The van der Waals surface area contributed by atoms with Crippen LogP contribution in [0.1, 0.15) is 28.4 Å². The molecule has 0 amide bonds. The van der Waals surface area contributed by atoms with Crippen LogP contribution in [0.4, 0.5) is 0 Å². The molecule has 0 aliphatic rings. The Hall–Kier alpha value is -3.07. The number of ether oxygens (including phenoxy) is 2. The van der Waals surface area contributed by atoms with Gasteiger partial charge in [-0.15, -0.1) is 0 Å². The molecular formula is C23H22O3. The summed E-state index contributed by atoms with van der Waals surface area (Å²) in [6.45, 7) is 2.68. The molecule has 0 aliphatic heterocycles. The van der Waals surface area contributed by atoms with Gasteiger partial charge in [-0.25, -0.2) is 4.79 Å². The summed E-state index contributed by atoms with van der Waals surface area (Å²) in [6.07, 6.45) is 1.80. The fourth-order valence-electron chi connectivity index (χ4n) is 2.58. The maximum atomic E-state index is 12.2. The highest BCUT2D eigenvalue weighted by atomic mass is 16.5. The summed E-state index contributed by atoms with van der Waals surface area (Å²) >= 11 is 0. The third kappa shape index (κ3) is 4.96. The second kappa shape index (κ2) is 8.86. The molecule has 0 atom stereocenters. The minimum atomic E-state index is -0.370. The average Bonchev–Trinajstić information content (AvgIpc) is 2.70. The van der Waals surface area contributed by atoms with E-state index in [1.54, 1.807) is 24.3 Å². The summed E-state index contributed by atoms with van der Waals surface area (Å²) in [5, 5.41) is 0. The van der Waals surface area contributed by atoms with Crippen molar-refractivity contribution in [3.8, 4) is 11.5 Å². The number of hydrogen-bond acceptors (Lipinski definition) is 3. The average molecular weight is 346 g/mol. The summed E-state index contributed by atoms with van der Waals surface area (Å²) < 4.78 is 11.1. The lowest BCUT2D eigenvalue weighted by Crippen LogP contribution is -2.08. The Balaban J connectivity index is 1.52. The molecule has 0 saturated heterocycles. The third-order valence-corrected chi connectivity index (χ3v) is 4.13. The number of hydrogen-bond donors (Lipinski definition) is 0. The van der Waals surface area contributed by atoms with E-state index in [0.29, 0.717) is 17.9 Å². The topological polar surface area (TPSA) is 35.5 Å². The van der Waals surface area contributed by atoms with Crippen LogP contribution in [0.5, 0.6) is 11.5 Å². The van der Waals surface area contributed by atoms with Crippen molar-refractivity contribution >= 4 is 5.97 Å². The van der Waals surface area contributed by atoms with Crippen LogP contribution in [0.2, 0.25) is 0 Å². The predicted molar refractivity (Wildman–Crippen MR) is 103 cm³/mol. The smallest absolute Gasteiger partial charge is 0.343 e. The van der Waals surface area contributed by atoms with E-state index in [4.69, 9.17) is 9.47 Å². The van der Waals surface area contributed by atoms with Gasteiger partial charge in [0.2, 0.25) is 0 Å². The van der Waals surface area contributed by atoms with E-state index in [2.05, 4.69) is 19.1 Å². The predicted octanol–water partition coefficient (Wildman–Crippen LogP) is 5.09. The third-order valence-electron chi connectivity index (χ3n) is 4.13. The number of esters is 1. The molecule has 0 bridgehead atoms. The lowest BCUT2D eigenvalue weighted by atomic mass is 10.1. The van der Waals surface area contributed by atoms with Crippen molar-refractivity contribution in [1.29, 1.82) is 0 Å². The molecule has 0 saturated carbocycles. The number of aryl methyl sites for hydroxylation is 1. The Morgan fingerprint density at radius 3 is 2.08 bits per heavy atom. The molecule has 26 heavy (non-hydrogen) atoms. The minimum absolute atomic E-state index is 0.370. The van der Waals surface area contributed by atoms with Gasteiger partial charge in [0.1, 0.15) is 11.5 Å². The lowest BCUT2D eigenvalue weighted by Gasteiger charge is -2.08. The molecule has 0 unspecified atom stereocenters.